The van der Waals surface area contributed by atoms with Gasteiger partial charge in [0.05, 0.1) is 12.1 Å². The summed E-state index contributed by atoms with van der Waals surface area (Å²) in [7, 11) is 0. The summed E-state index contributed by atoms with van der Waals surface area (Å²) >= 11 is 0. The number of aromatic nitrogens is 2. The summed E-state index contributed by atoms with van der Waals surface area (Å²) < 4.78 is 15.4. The van der Waals surface area contributed by atoms with Crippen molar-refractivity contribution in [1.82, 2.24) is 20.2 Å². The third-order valence-corrected chi connectivity index (χ3v) is 5.13. The third kappa shape index (κ3) is 4.08. The molecule has 1 aliphatic heterocycles. The molecule has 7 heteroatoms. The van der Waals surface area contributed by atoms with Crippen LogP contribution in [-0.4, -0.2) is 45.4 Å². The average Bonchev–Trinajstić information content (AvgIpc) is 2.77. The van der Waals surface area contributed by atoms with Gasteiger partial charge in [0.1, 0.15) is 5.69 Å². The molecule has 0 saturated carbocycles. The zero-order valence-corrected chi connectivity index (χ0v) is 15.8. The van der Waals surface area contributed by atoms with E-state index < -0.39 is 11.6 Å². The highest BCUT2D eigenvalue weighted by Gasteiger charge is 2.44. The van der Waals surface area contributed by atoms with Crippen molar-refractivity contribution in [2.24, 2.45) is 0 Å². The van der Waals surface area contributed by atoms with Crippen LogP contribution in [0.1, 0.15) is 28.9 Å². The Hall–Kier alpha value is -3.35. The summed E-state index contributed by atoms with van der Waals surface area (Å²) in [4.78, 5) is 35.2. The van der Waals surface area contributed by atoms with E-state index in [-0.39, 0.29) is 31.1 Å². The predicted octanol–water partition coefficient (Wildman–Crippen LogP) is 2.89. The first-order valence-electron chi connectivity index (χ1n) is 9.56. The molecule has 2 amide bonds. The number of fused-ring (bicyclic) bond motifs is 1. The Labute approximate surface area is 167 Å². The second-order valence-corrected chi connectivity index (χ2v) is 7.23. The zero-order valence-electron chi connectivity index (χ0n) is 15.8. The molecule has 1 saturated heterocycles. The van der Waals surface area contributed by atoms with Gasteiger partial charge in [0, 0.05) is 30.9 Å². The summed E-state index contributed by atoms with van der Waals surface area (Å²) in [6.07, 6.45) is 3.75. The maximum atomic E-state index is 15.4. The van der Waals surface area contributed by atoms with Crippen LogP contribution in [0.3, 0.4) is 0 Å². The molecule has 3 heterocycles. The van der Waals surface area contributed by atoms with E-state index in [1.807, 2.05) is 30.3 Å². The molecule has 0 bridgehead atoms. The van der Waals surface area contributed by atoms with E-state index in [9.17, 15) is 9.59 Å². The highest BCUT2D eigenvalue weighted by molar-refractivity contribution is 5.96. The Bertz CT molecular complexity index is 1040. The van der Waals surface area contributed by atoms with Crippen molar-refractivity contribution >= 4 is 22.7 Å². The van der Waals surface area contributed by atoms with E-state index in [1.54, 1.807) is 30.6 Å². The van der Waals surface area contributed by atoms with E-state index in [4.69, 9.17) is 0 Å². The molecule has 1 aliphatic rings. The van der Waals surface area contributed by atoms with Crippen molar-refractivity contribution in [3.8, 4) is 0 Å². The van der Waals surface area contributed by atoms with Gasteiger partial charge in [0.25, 0.3) is 11.8 Å². The molecule has 0 radical (unpaired) electrons. The molecule has 2 aromatic heterocycles. The van der Waals surface area contributed by atoms with Crippen LogP contribution in [0.4, 0.5) is 4.39 Å². The second-order valence-electron chi connectivity index (χ2n) is 7.23. The number of nitrogens with one attached hydrogen (secondary N) is 1. The fourth-order valence-electron chi connectivity index (χ4n) is 3.56. The normalized spacial score (nSPS) is 19.1. The first-order valence-corrected chi connectivity index (χ1v) is 9.56. The van der Waals surface area contributed by atoms with Crippen molar-refractivity contribution in [3.05, 3.63) is 72.2 Å². The lowest BCUT2D eigenvalue weighted by molar-refractivity contribution is -0.136. The summed E-state index contributed by atoms with van der Waals surface area (Å²) in [5.41, 5.74) is -0.374. The quantitative estimate of drug-likeness (QED) is 0.741. The summed E-state index contributed by atoms with van der Waals surface area (Å²) in [6, 6.07) is 14.5. The minimum Gasteiger partial charge on any atom is -0.349 e. The van der Waals surface area contributed by atoms with Crippen LogP contribution in [-0.2, 0) is 11.3 Å². The number of likely N-dealkylation sites (tertiary alicyclic amines) is 1. The molecule has 29 heavy (non-hydrogen) atoms. The Balaban J connectivity index is 1.46. The van der Waals surface area contributed by atoms with Gasteiger partial charge in [-0.25, -0.2) is 9.37 Å². The lowest BCUT2D eigenvalue weighted by atomic mass is 9.93. The average molecular weight is 392 g/mol. The fourth-order valence-corrected chi connectivity index (χ4v) is 3.56. The van der Waals surface area contributed by atoms with Crippen molar-refractivity contribution < 1.29 is 14.0 Å². The van der Waals surface area contributed by atoms with Crippen LogP contribution >= 0.6 is 0 Å². The minimum absolute atomic E-state index is 0.0841. The molecule has 6 nitrogen and oxygen atoms in total. The van der Waals surface area contributed by atoms with Gasteiger partial charge in [0.15, 0.2) is 0 Å². The van der Waals surface area contributed by atoms with Crippen LogP contribution in [0.2, 0.25) is 0 Å². The number of pyridine rings is 2. The summed E-state index contributed by atoms with van der Waals surface area (Å²) in [5.74, 6) is -1.07. The van der Waals surface area contributed by atoms with Gasteiger partial charge < -0.3 is 10.2 Å². The second kappa shape index (κ2) is 7.95. The Morgan fingerprint density at radius 1 is 1.14 bits per heavy atom. The smallest absolute Gasteiger partial charge is 0.272 e. The van der Waals surface area contributed by atoms with Gasteiger partial charge in [-0.05, 0) is 36.6 Å². The molecule has 1 unspecified atom stereocenters. The monoisotopic (exact) mass is 392 g/mol. The van der Waals surface area contributed by atoms with Crippen LogP contribution in [0, 0.1) is 0 Å². The van der Waals surface area contributed by atoms with Gasteiger partial charge >= 0.3 is 0 Å². The van der Waals surface area contributed by atoms with E-state index in [1.165, 1.54) is 4.90 Å². The number of halogens is 1. The number of hydrogen-bond acceptors (Lipinski definition) is 4. The number of amides is 2. The van der Waals surface area contributed by atoms with Crippen LogP contribution in [0.5, 0.6) is 0 Å². The van der Waals surface area contributed by atoms with E-state index in [0.29, 0.717) is 18.5 Å². The molecule has 3 aromatic rings. The molecule has 148 valence electrons. The van der Waals surface area contributed by atoms with Crippen LogP contribution in [0.25, 0.3) is 10.9 Å². The van der Waals surface area contributed by atoms with Crippen molar-refractivity contribution in [2.45, 2.75) is 25.1 Å². The largest absolute Gasteiger partial charge is 0.349 e. The zero-order chi connectivity index (χ0) is 20.3. The van der Waals surface area contributed by atoms with Crippen molar-refractivity contribution in [3.63, 3.8) is 0 Å². The SMILES string of the molecule is O=C(c1ccc2ccccc2n1)N1CCCC(F)(C(=O)NCc2cccnc2)C1. The van der Waals surface area contributed by atoms with Gasteiger partial charge in [-0.3, -0.25) is 14.6 Å². The number of carbonyl (C=O) groups is 2. The Morgan fingerprint density at radius 2 is 2.00 bits per heavy atom. The predicted molar refractivity (Wildman–Crippen MR) is 107 cm³/mol. The number of nitrogens with zero attached hydrogens (tertiary/aromatic N) is 3. The maximum Gasteiger partial charge on any atom is 0.272 e. The number of alkyl halides is 1. The van der Waals surface area contributed by atoms with E-state index in [2.05, 4.69) is 15.3 Å². The standard InChI is InChI=1S/C22H21FN4O2/c23-22(21(29)25-14-16-5-3-11-24-13-16)10-4-12-27(15-22)20(28)19-9-8-17-6-1-2-7-18(17)26-19/h1-3,5-9,11,13H,4,10,12,14-15H2,(H,25,29). The van der Waals surface area contributed by atoms with Crippen molar-refractivity contribution in [2.75, 3.05) is 13.1 Å². The lowest BCUT2D eigenvalue weighted by Crippen LogP contribution is -2.55. The highest BCUT2D eigenvalue weighted by atomic mass is 19.1. The molecule has 1 atom stereocenters. The maximum absolute atomic E-state index is 15.4. The molecule has 0 spiro atoms. The molecular formula is C22H21FN4O2. The molecule has 1 fully saturated rings. The molecular weight excluding hydrogens is 371 g/mol. The van der Waals surface area contributed by atoms with Gasteiger partial charge in [-0.15, -0.1) is 0 Å². The van der Waals surface area contributed by atoms with Crippen LogP contribution < -0.4 is 5.32 Å². The van der Waals surface area contributed by atoms with E-state index >= 15 is 4.39 Å². The number of piperidine rings is 1. The van der Waals surface area contributed by atoms with Gasteiger partial charge in [-0.2, -0.15) is 0 Å². The molecule has 0 aliphatic carbocycles. The van der Waals surface area contributed by atoms with Gasteiger partial charge in [0.2, 0.25) is 5.67 Å². The highest BCUT2D eigenvalue weighted by Crippen LogP contribution is 2.27. The first-order chi connectivity index (χ1) is 14.0. The number of hydrogen-bond donors (Lipinski definition) is 1. The minimum atomic E-state index is -2.12. The van der Waals surface area contributed by atoms with E-state index in [0.717, 1.165) is 10.9 Å². The Morgan fingerprint density at radius 3 is 2.83 bits per heavy atom. The number of para-hydroxylation sites is 1. The third-order valence-electron chi connectivity index (χ3n) is 5.13. The Kier molecular flexibility index (Phi) is 5.20. The molecule has 4 rings (SSSR count). The first kappa shape index (κ1) is 19.0. The van der Waals surface area contributed by atoms with Crippen LogP contribution in [0.15, 0.2) is 60.9 Å². The number of carbonyl (C=O) groups excluding carboxylic acids is 2. The fraction of sp³-hybridized carbons (Fsp3) is 0.273. The number of rotatable bonds is 4. The topological polar surface area (TPSA) is 75.2 Å². The molecule has 1 N–H and O–H groups in total. The van der Waals surface area contributed by atoms with Crippen molar-refractivity contribution in [1.29, 1.82) is 0 Å². The summed E-state index contributed by atoms with van der Waals surface area (Å²) in [5, 5.41) is 3.55. The van der Waals surface area contributed by atoms with Gasteiger partial charge in [-0.1, -0.05) is 30.3 Å². The number of benzene rings is 1. The lowest BCUT2D eigenvalue weighted by Gasteiger charge is -2.36. The molecule has 1 aromatic carbocycles. The summed E-state index contributed by atoms with van der Waals surface area (Å²) in [6.45, 7) is 0.312.